The van der Waals surface area contributed by atoms with Gasteiger partial charge >= 0.3 is 0 Å². The summed E-state index contributed by atoms with van der Waals surface area (Å²) < 4.78 is -1.93. The molecule has 0 aliphatic carbocycles. The van der Waals surface area contributed by atoms with Gasteiger partial charge in [-0.25, -0.2) is 9.98 Å². The number of halogens is 8. The predicted octanol–water partition coefficient (Wildman–Crippen LogP) is 8.71. The first-order valence-corrected chi connectivity index (χ1v) is 9.42. The van der Waals surface area contributed by atoms with Crippen molar-refractivity contribution in [2.24, 2.45) is 9.98 Å². The zero-order valence-electron chi connectivity index (χ0n) is 11.9. The van der Waals surface area contributed by atoms with E-state index in [-0.39, 0.29) is 31.8 Å². The summed E-state index contributed by atoms with van der Waals surface area (Å²) in [5.41, 5.74) is 0.546. The van der Waals surface area contributed by atoms with Gasteiger partial charge in [0.25, 0.3) is 0 Å². The van der Waals surface area contributed by atoms with E-state index in [0.29, 0.717) is 10.0 Å². The third-order valence-corrected chi connectivity index (χ3v) is 6.27. The molecule has 0 amide bonds. The van der Waals surface area contributed by atoms with Crippen molar-refractivity contribution >= 4 is 115 Å². The number of aliphatic imine (C=N–C) groups is 2. The number of hydrogen-bond acceptors (Lipinski definition) is 2. The summed E-state index contributed by atoms with van der Waals surface area (Å²) in [6.45, 7) is 0. The maximum Gasteiger partial charge on any atom is 0.222 e. The van der Waals surface area contributed by atoms with Crippen molar-refractivity contribution < 1.29 is 0 Å². The number of rotatable bonds is 4. The Labute approximate surface area is 184 Å². The molecule has 2 nitrogen and oxygen atoms in total. The SMILES string of the molecule is ClC(=Nc1cccc(Cl)c1Cl)C(Cl)(Cl)C(Cl)=Nc1cccc(Cl)c1Cl. The van der Waals surface area contributed by atoms with Crippen LogP contribution >= 0.6 is 92.8 Å². The second-order valence-corrected chi connectivity index (χ2v) is 8.14. The Balaban J connectivity index is 2.42. The zero-order valence-corrected chi connectivity index (χ0v) is 17.9. The van der Waals surface area contributed by atoms with Crippen LogP contribution < -0.4 is 0 Å². The van der Waals surface area contributed by atoms with Gasteiger partial charge in [-0.3, -0.25) is 0 Å². The van der Waals surface area contributed by atoms with Crippen molar-refractivity contribution in [1.82, 2.24) is 0 Å². The standard InChI is InChI=1S/C15H6Cl8N2/c16-7-3-1-5-9(11(7)18)24-13(20)15(22,23)14(21)25-10-6-2-4-8(17)12(10)19/h1-6H. The molecule has 0 unspecified atom stereocenters. The molecule has 10 heteroatoms. The molecule has 0 spiro atoms. The number of nitrogens with zero attached hydrogens (tertiary/aromatic N) is 2. The highest BCUT2D eigenvalue weighted by atomic mass is 35.5. The highest BCUT2D eigenvalue weighted by Gasteiger charge is 2.36. The lowest BCUT2D eigenvalue weighted by atomic mass is 10.3. The summed E-state index contributed by atoms with van der Waals surface area (Å²) in [7, 11) is 0. The molecule has 0 bridgehead atoms. The molecular weight excluding hydrogens is 492 g/mol. The molecule has 25 heavy (non-hydrogen) atoms. The summed E-state index contributed by atoms with van der Waals surface area (Å²) in [6, 6.07) is 9.65. The average molecular weight is 498 g/mol. The summed E-state index contributed by atoms with van der Waals surface area (Å²) >= 11 is 48.6. The quantitative estimate of drug-likeness (QED) is 0.298. The summed E-state index contributed by atoms with van der Waals surface area (Å²) in [4.78, 5) is 8.14. The van der Waals surface area contributed by atoms with Gasteiger partial charge < -0.3 is 0 Å². The average Bonchev–Trinajstić information content (AvgIpc) is 2.55. The highest BCUT2D eigenvalue weighted by Crippen LogP contribution is 2.38. The van der Waals surface area contributed by atoms with E-state index in [1.54, 1.807) is 36.4 Å². The van der Waals surface area contributed by atoms with Crippen LogP contribution in [0.3, 0.4) is 0 Å². The van der Waals surface area contributed by atoms with Gasteiger partial charge in [-0.05, 0) is 24.3 Å². The van der Waals surface area contributed by atoms with Crippen molar-refractivity contribution in [2.45, 2.75) is 4.33 Å². The Bertz CT molecular complexity index is 791. The highest BCUT2D eigenvalue weighted by molar-refractivity contribution is 6.93. The molecule has 0 aliphatic heterocycles. The first-order valence-electron chi connectivity index (χ1n) is 6.39. The second kappa shape index (κ2) is 8.86. The van der Waals surface area contributed by atoms with E-state index in [2.05, 4.69) is 9.98 Å². The molecule has 0 saturated carbocycles. The van der Waals surface area contributed by atoms with E-state index in [4.69, 9.17) is 92.8 Å². The molecule has 0 aliphatic rings. The van der Waals surface area contributed by atoms with Crippen LogP contribution in [0, 0.1) is 0 Å². The smallest absolute Gasteiger partial charge is 0.222 e. The minimum atomic E-state index is -1.93. The lowest BCUT2D eigenvalue weighted by molar-refractivity contribution is 1.40. The molecule has 0 radical (unpaired) electrons. The molecule has 2 aromatic rings. The van der Waals surface area contributed by atoms with E-state index >= 15 is 0 Å². The van der Waals surface area contributed by atoms with E-state index in [0.717, 1.165) is 0 Å². The van der Waals surface area contributed by atoms with Crippen LogP contribution in [0.1, 0.15) is 0 Å². The van der Waals surface area contributed by atoms with Crippen LogP contribution in [-0.2, 0) is 0 Å². The Hall–Kier alpha value is 0.1000. The molecule has 132 valence electrons. The van der Waals surface area contributed by atoms with Crippen LogP contribution in [-0.4, -0.2) is 14.7 Å². The first kappa shape index (κ1) is 21.4. The Morgan fingerprint density at radius 1 is 0.680 bits per heavy atom. The van der Waals surface area contributed by atoms with Crippen LogP contribution in [0.2, 0.25) is 20.1 Å². The second-order valence-electron chi connectivity index (χ2n) is 4.53. The summed E-state index contributed by atoms with van der Waals surface area (Å²) in [5.74, 6) is 0. The third-order valence-electron chi connectivity index (χ3n) is 2.82. The normalized spacial score (nSPS) is 13.3. The molecule has 2 rings (SSSR count). The van der Waals surface area contributed by atoms with Gasteiger partial charge in [0.2, 0.25) is 4.33 Å². The first-order chi connectivity index (χ1) is 11.6. The molecule has 0 fully saturated rings. The van der Waals surface area contributed by atoms with Crippen LogP contribution in [0.4, 0.5) is 11.4 Å². The fourth-order valence-electron chi connectivity index (χ4n) is 1.59. The minimum Gasteiger partial charge on any atom is -0.236 e. The van der Waals surface area contributed by atoms with Crippen molar-refractivity contribution in [2.75, 3.05) is 0 Å². The number of alkyl halides is 2. The molecule has 0 atom stereocenters. The Kier molecular flexibility index (Phi) is 7.58. The fourth-order valence-corrected chi connectivity index (χ4v) is 2.85. The molecule has 2 aromatic carbocycles. The van der Waals surface area contributed by atoms with Crippen molar-refractivity contribution in [3.63, 3.8) is 0 Å². The zero-order chi connectivity index (χ0) is 18.8. The van der Waals surface area contributed by atoms with Crippen molar-refractivity contribution in [3.05, 3.63) is 56.5 Å². The van der Waals surface area contributed by atoms with Crippen LogP contribution in [0.15, 0.2) is 46.4 Å². The van der Waals surface area contributed by atoms with E-state index in [1.807, 2.05) is 0 Å². The maximum atomic E-state index is 6.21. The van der Waals surface area contributed by atoms with E-state index in [1.165, 1.54) is 0 Å². The van der Waals surface area contributed by atoms with Crippen molar-refractivity contribution in [3.8, 4) is 0 Å². The maximum absolute atomic E-state index is 6.21. The van der Waals surface area contributed by atoms with Gasteiger partial charge in [0.05, 0.1) is 31.5 Å². The van der Waals surface area contributed by atoms with Gasteiger partial charge in [-0.1, -0.05) is 105 Å². The van der Waals surface area contributed by atoms with Gasteiger partial charge in [0.1, 0.15) is 10.3 Å². The van der Waals surface area contributed by atoms with Crippen molar-refractivity contribution in [1.29, 1.82) is 0 Å². The van der Waals surface area contributed by atoms with Gasteiger partial charge in [0.15, 0.2) is 0 Å². The predicted molar refractivity (Wildman–Crippen MR) is 113 cm³/mol. The topological polar surface area (TPSA) is 24.7 Å². The molecule has 0 N–H and O–H groups in total. The third kappa shape index (κ3) is 5.09. The number of hydrogen-bond donors (Lipinski definition) is 0. The van der Waals surface area contributed by atoms with E-state index < -0.39 is 4.33 Å². The summed E-state index contributed by atoms with van der Waals surface area (Å²) in [5, 5.41) is 0.439. The Morgan fingerprint density at radius 2 is 1.04 bits per heavy atom. The van der Waals surface area contributed by atoms with Crippen LogP contribution in [0.25, 0.3) is 0 Å². The lowest BCUT2D eigenvalue weighted by Gasteiger charge is -2.16. The monoisotopic (exact) mass is 494 g/mol. The summed E-state index contributed by atoms with van der Waals surface area (Å²) in [6.07, 6.45) is 0. The number of benzene rings is 2. The minimum absolute atomic E-state index is 0.192. The molecule has 0 aromatic heterocycles. The van der Waals surface area contributed by atoms with E-state index in [9.17, 15) is 0 Å². The molecule has 0 saturated heterocycles. The van der Waals surface area contributed by atoms with Crippen LogP contribution in [0.5, 0.6) is 0 Å². The van der Waals surface area contributed by atoms with Gasteiger partial charge in [-0.15, -0.1) is 0 Å². The lowest BCUT2D eigenvalue weighted by Crippen LogP contribution is -2.28. The fraction of sp³-hybridized carbons (Fsp3) is 0.0667. The van der Waals surface area contributed by atoms with Gasteiger partial charge in [-0.2, -0.15) is 0 Å². The van der Waals surface area contributed by atoms with Gasteiger partial charge in [0, 0.05) is 0 Å². The molecular formula is C15H6Cl8N2. The Morgan fingerprint density at radius 3 is 1.40 bits per heavy atom. The largest absolute Gasteiger partial charge is 0.236 e. The molecule has 0 heterocycles.